The summed E-state index contributed by atoms with van der Waals surface area (Å²) in [4.78, 5) is 18.5. The molecule has 4 aromatic carbocycles. The van der Waals surface area contributed by atoms with Crippen LogP contribution >= 0.6 is 15.9 Å². The monoisotopic (exact) mass is 424 g/mol. The van der Waals surface area contributed by atoms with Crippen LogP contribution in [-0.4, -0.2) is 9.38 Å². The topological polar surface area (TPSA) is 34.4 Å². The minimum absolute atomic E-state index is 0.0381. The summed E-state index contributed by atoms with van der Waals surface area (Å²) in [5, 5.41) is 5.85. The summed E-state index contributed by atoms with van der Waals surface area (Å²) in [7, 11) is 0. The maximum Gasteiger partial charge on any atom is 0.266 e. The lowest BCUT2D eigenvalue weighted by atomic mass is 10.0. The summed E-state index contributed by atoms with van der Waals surface area (Å²) in [5.74, 6) is 0. The van der Waals surface area contributed by atoms with Gasteiger partial charge in [0.15, 0.2) is 0 Å². The highest BCUT2D eigenvalue weighted by Crippen LogP contribution is 2.31. The molecular formula is C24H13BrN2O. The van der Waals surface area contributed by atoms with E-state index in [1.54, 1.807) is 4.40 Å². The van der Waals surface area contributed by atoms with Gasteiger partial charge in [0.05, 0.1) is 16.4 Å². The highest BCUT2D eigenvalue weighted by molar-refractivity contribution is 9.10. The number of hydrogen-bond donors (Lipinski definition) is 0. The van der Waals surface area contributed by atoms with E-state index in [4.69, 9.17) is 4.98 Å². The van der Waals surface area contributed by atoms with E-state index in [0.717, 1.165) is 42.4 Å². The number of fused-ring (bicyclic) bond motifs is 8. The molecule has 0 aliphatic heterocycles. The van der Waals surface area contributed by atoms with Crippen LogP contribution in [-0.2, 0) is 0 Å². The van der Waals surface area contributed by atoms with Crippen molar-refractivity contribution < 1.29 is 0 Å². The fraction of sp³-hybridized carbons (Fsp3) is 0. The second-order valence-corrected chi connectivity index (χ2v) is 7.92. The molecule has 0 unspecified atom stereocenters. The Morgan fingerprint density at radius 3 is 2.25 bits per heavy atom. The van der Waals surface area contributed by atoms with E-state index in [1.165, 1.54) is 0 Å². The third kappa shape index (κ3) is 2.09. The smallest absolute Gasteiger partial charge is 0.266 e. The Bertz CT molecular complexity index is 1650. The number of rotatable bonds is 0. The molecule has 0 atom stereocenters. The van der Waals surface area contributed by atoms with Crippen molar-refractivity contribution in [3.05, 3.63) is 93.7 Å². The molecule has 28 heavy (non-hydrogen) atoms. The van der Waals surface area contributed by atoms with Crippen LogP contribution in [0.15, 0.2) is 88.1 Å². The van der Waals surface area contributed by atoms with E-state index >= 15 is 0 Å². The van der Waals surface area contributed by atoms with Crippen LogP contribution in [0.25, 0.3) is 49.0 Å². The zero-order valence-electron chi connectivity index (χ0n) is 14.7. The fourth-order valence-corrected chi connectivity index (χ4v) is 4.47. The van der Waals surface area contributed by atoms with Gasteiger partial charge in [-0.2, -0.15) is 0 Å². The maximum atomic E-state index is 13.6. The zero-order chi connectivity index (χ0) is 18.8. The maximum absolute atomic E-state index is 13.6. The second kappa shape index (κ2) is 5.63. The molecule has 0 bridgehead atoms. The van der Waals surface area contributed by atoms with E-state index in [-0.39, 0.29) is 5.56 Å². The molecule has 6 aromatic rings. The van der Waals surface area contributed by atoms with E-state index in [2.05, 4.69) is 28.1 Å². The quantitative estimate of drug-likeness (QED) is 0.219. The molecule has 0 fully saturated rings. The first-order valence-electron chi connectivity index (χ1n) is 9.06. The average molecular weight is 425 g/mol. The number of nitrogens with zero attached hydrogens (tertiary/aromatic N) is 2. The zero-order valence-corrected chi connectivity index (χ0v) is 16.3. The molecule has 0 saturated carbocycles. The standard InChI is InChI=1S/C24H13BrN2O/c25-16-9-10-22-19(13-16)17-7-3-4-8-18(17)23-26-21-12-15-6-2-1-5-14(15)11-20(21)24(28)27(22)23/h1-13H. The van der Waals surface area contributed by atoms with Gasteiger partial charge in [0.1, 0.15) is 5.65 Å². The number of hydrogen-bond acceptors (Lipinski definition) is 2. The SMILES string of the molecule is O=c1c2cc3ccccc3cc2nc2c3ccccc3c3cc(Br)ccc3n12. The van der Waals surface area contributed by atoms with Crippen molar-refractivity contribution >= 4 is 64.9 Å². The van der Waals surface area contributed by atoms with Gasteiger partial charge < -0.3 is 0 Å². The van der Waals surface area contributed by atoms with Crippen LogP contribution in [0.1, 0.15) is 0 Å². The van der Waals surface area contributed by atoms with Crippen LogP contribution in [0.3, 0.4) is 0 Å². The molecule has 6 rings (SSSR count). The van der Waals surface area contributed by atoms with Crippen molar-refractivity contribution in [2.75, 3.05) is 0 Å². The lowest BCUT2D eigenvalue weighted by Gasteiger charge is -2.12. The van der Waals surface area contributed by atoms with E-state index in [0.29, 0.717) is 11.0 Å². The lowest BCUT2D eigenvalue weighted by molar-refractivity contribution is 1.14. The molecule has 4 heteroatoms. The van der Waals surface area contributed by atoms with Gasteiger partial charge in [-0.15, -0.1) is 0 Å². The van der Waals surface area contributed by atoms with Crippen molar-refractivity contribution in [2.45, 2.75) is 0 Å². The summed E-state index contributed by atoms with van der Waals surface area (Å²) >= 11 is 3.56. The van der Waals surface area contributed by atoms with Gasteiger partial charge in [-0.25, -0.2) is 4.98 Å². The minimum Gasteiger partial charge on any atom is -0.268 e. The largest absolute Gasteiger partial charge is 0.268 e. The molecule has 0 aliphatic carbocycles. The van der Waals surface area contributed by atoms with Crippen LogP contribution in [0.5, 0.6) is 0 Å². The summed E-state index contributed by atoms with van der Waals surface area (Å²) < 4.78 is 2.73. The predicted octanol–water partition coefficient (Wildman–Crippen LogP) is 6.07. The Labute approximate surface area is 168 Å². The number of benzene rings is 4. The third-order valence-electron chi connectivity index (χ3n) is 5.39. The first-order valence-corrected chi connectivity index (χ1v) is 9.85. The lowest BCUT2D eigenvalue weighted by Crippen LogP contribution is -2.16. The number of aromatic nitrogens is 2. The van der Waals surface area contributed by atoms with E-state index < -0.39 is 0 Å². The number of pyridine rings is 1. The Morgan fingerprint density at radius 2 is 1.43 bits per heavy atom. The Hall–Kier alpha value is -3.24. The molecule has 0 spiro atoms. The molecule has 0 amide bonds. The summed E-state index contributed by atoms with van der Waals surface area (Å²) in [5.41, 5.74) is 2.25. The van der Waals surface area contributed by atoms with Gasteiger partial charge >= 0.3 is 0 Å². The van der Waals surface area contributed by atoms with Gasteiger partial charge in [0.2, 0.25) is 0 Å². The molecule has 2 heterocycles. The van der Waals surface area contributed by atoms with Crippen molar-refractivity contribution in [1.29, 1.82) is 0 Å². The molecular weight excluding hydrogens is 412 g/mol. The summed E-state index contributed by atoms with van der Waals surface area (Å²) in [6.07, 6.45) is 0. The number of halogens is 1. The molecule has 0 aliphatic rings. The van der Waals surface area contributed by atoms with E-state index in [9.17, 15) is 4.79 Å². The van der Waals surface area contributed by atoms with Crippen LogP contribution in [0.2, 0.25) is 0 Å². The van der Waals surface area contributed by atoms with Crippen LogP contribution < -0.4 is 5.56 Å². The van der Waals surface area contributed by atoms with Crippen molar-refractivity contribution in [3.63, 3.8) is 0 Å². The molecule has 0 saturated heterocycles. The van der Waals surface area contributed by atoms with Crippen LogP contribution in [0.4, 0.5) is 0 Å². The highest BCUT2D eigenvalue weighted by Gasteiger charge is 2.14. The van der Waals surface area contributed by atoms with Gasteiger partial charge in [0.25, 0.3) is 5.56 Å². The third-order valence-corrected chi connectivity index (χ3v) is 5.89. The molecule has 2 aromatic heterocycles. The van der Waals surface area contributed by atoms with E-state index in [1.807, 2.05) is 66.7 Å². The molecule has 3 nitrogen and oxygen atoms in total. The average Bonchev–Trinajstić information content (AvgIpc) is 2.73. The van der Waals surface area contributed by atoms with Crippen molar-refractivity contribution in [1.82, 2.24) is 9.38 Å². The predicted molar refractivity (Wildman–Crippen MR) is 119 cm³/mol. The van der Waals surface area contributed by atoms with Gasteiger partial charge in [0, 0.05) is 15.2 Å². The first kappa shape index (κ1) is 15.8. The molecule has 132 valence electrons. The molecule has 0 radical (unpaired) electrons. The van der Waals surface area contributed by atoms with Gasteiger partial charge in [-0.3, -0.25) is 9.20 Å². The summed E-state index contributed by atoms with van der Waals surface area (Å²) in [6.45, 7) is 0. The second-order valence-electron chi connectivity index (χ2n) is 7.00. The minimum atomic E-state index is -0.0381. The highest BCUT2D eigenvalue weighted by atomic mass is 79.9. The van der Waals surface area contributed by atoms with Crippen molar-refractivity contribution in [3.8, 4) is 0 Å². The van der Waals surface area contributed by atoms with Gasteiger partial charge in [-0.05, 0) is 46.5 Å². The normalized spacial score (nSPS) is 11.9. The summed E-state index contributed by atoms with van der Waals surface area (Å²) in [6, 6.07) is 26.2. The Kier molecular flexibility index (Phi) is 3.17. The first-order chi connectivity index (χ1) is 13.7. The van der Waals surface area contributed by atoms with Crippen LogP contribution in [0, 0.1) is 0 Å². The fourth-order valence-electron chi connectivity index (χ4n) is 4.11. The van der Waals surface area contributed by atoms with Crippen molar-refractivity contribution in [2.24, 2.45) is 0 Å². The Balaban J connectivity index is 1.96. The van der Waals surface area contributed by atoms with Gasteiger partial charge in [-0.1, -0.05) is 64.5 Å². The Morgan fingerprint density at radius 1 is 0.714 bits per heavy atom. The molecule has 0 N–H and O–H groups in total.